The Morgan fingerprint density at radius 1 is 0.900 bits per heavy atom. The zero-order valence-corrected chi connectivity index (χ0v) is 22.4. The first-order valence-corrected chi connectivity index (χ1v) is 13.5. The summed E-state index contributed by atoms with van der Waals surface area (Å²) in [4.78, 5) is 13.5. The van der Waals surface area contributed by atoms with Crippen molar-refractivity contribution in [2.45, 2.75) is 38.8 Å². The lowest BCUT2D eigenvalue weighted by molar-refractivity contribution is -0.118. The van der Waals surface area contributed by atoms with Gasteiger partial charge in [-0.05, 0) is 47.2 Å². The van der Waals surface area contributed by atoms with Gasteiger partial charge in [-0.3, -0.25) is 4.79 Å². The number of allylic oxidation sites excluding steroid dienone is 1. The molecule has 1 atom stereocenters. The highest BCUT2D eigenvalue weighted by Crippen LogP contribution is 2.48. The minimum Gasteiger partial charge on any atom is -0.506 e. The fourth-order valence-electron chi connectivity index (χ4n) is 5.72. The molecule has 40 heavy (non-hydrogen) atoms. The van der Waals surface area contributed by atoms with E-state index in [1.807, 2.05) is 80.6 Å². The third kappa shape index (κ3) is 4.93. The molecule has 0 fully saturated rings. The van der Waals surface area contributed by atoms with Crippen LogP contribution in [-0.4, -0.2) is 10.9 Å². The van der Waals surface area contributed by atoms with Gasteiger partial charge in [-0.1, -0.05) is 80.6 Å². The van der Waals surface area contributed by atoms with Crippen LogP contribution < -0.4 is 15.4 Å². The summed E-state index contributed by atoms with van der Waals surface area (Å²) in [5, 5.41) is 17.2. The van der Waals surface area contributed by atoms with Crippen LogP contribution in [0.1, 0.15) is 55.5 Å². The highest BCUT2D eigenvalue weighted by Gasteiger charge is 2.40. The summed E-state index contributed by atoms with van der Waals surface area (Å²) in [7, 11) is 0. The quantitative estimate of drug-likeness (QED) is 0.227. The van der Waals surface area contributed by atoms with Crippen molar-refractivity contribution < 1.29 is 19.0 Å². The molecule has 1 aliphatic heterocycles. The summed E-state index contributed by atoms with van der Waals surface area (Å²) in [6, 6.07) is 28.9. The number of rotatable bonds is 5. The lowest BCUT2D eigenvalue weighted by Gasteiger charge is -2.34. The van der Waals surface area contributed by atoms with Gasteiger partial charge >= 0.3 is 0 Å². The Bertz CT molecular complexity index is 1560. The van der Waals surface area contributed by atoms with Gasteiger partial charge in [0, 0.05) is 29.3 Å². The molecule has 1 unspecified atom stereocenters. The molecular formula is C34H31FN2O3. The Kier molecular flexibility index (Phi) is 6.54. The standard InChI is InChI=1S/C34H31FN2O3/c1-34(2)19-27-30(29(39)20-34)31(36-26-14-9-15-28(38)32(26)37-27)24-17-16-23(18-25(24)35)40-33(21-10-5-3-6-11-21)22-12-7-4-8-13-22/h3-18,31,33,36-38H,19-20H2,1-2H3. The number of hydrogen-bond donors (Lipinski definition) is 3. The van der Waals surface area contributed by atoms with Crippen molar-refractivity contribution in [1.29, 1.82) is 0 Å². The number of fused-ring (bicyclic) bond motifs is 1. The number of Topliss-reactive ketones (excluding diaryl/α,β-unsaturated/α-hetero) is 1. The van der Waals surface area contributed by atoms with E-state index >= 15 is 4.39 Å². The maximum Gasteiger partial charge on any atom is 0.163 e. The van der Waals surface area contributed by atoms with E-state index in [0.29, 0.717) is 46.8 Å². The Morgan fingerprint density at radius 3 is 2.23 bits per heavy atom. The summed E-state index contributed by atoms with van der Waals surface area (Å²) in [6.45, 7) is 4.08. The van der Waals surface area contributed by atoms with Gasteiger partial charge in [0.05, 0.1) is 11.7 Å². The minimum absolute atomic E-state index is 0.0449. The smallest absolute Gasteiger partial charge is 0.163 e. The number of anilines is 2. The number of nitrogens with one attached hydrogen (secondary N) is 2. The number of ether oxygens (including phenoxy) is 1. The highest BCUT2D eigenvalue weighted by atomic mass is 19.1. The molecule has 2 aliphatic rings. The SMILES string of the molecule is CC1(C)CC(=O)C2=C(C1)Nc1c(O)cccc1NC2c1ccc(OC(c2ccccc2)c2ccccc2)cc1F. The van der Waals surface area contributed by atoms with Crippen molar-refractivity contribution in [3.63, 3.8) is 0 Å². The van der Waals surface area contributed by atoms with Crippen LogP contribution >= 0.6 is 0 Å². The fraction of sp³-hybridized carbons (Fsp3) is 0.206. The molecule has 1 heterocycles. The molecule has 0 saturated carbocycles. The van der Waals surface area contributed by atoms with Gasteiger partial charge in [-0.15, -0.1) is 0 Å². The Morgan fingerprint density at radius 2 is 1.57 bits per heavy atom. The van der Waals surface area contributed by atoms with E-state index in [2.05, 4.69) is 10.6 Å². The molecule has 5 nitrogen and oxygen atoms in total. The lowest BCUT2D eigenvalue weighted by Crippen LogP contribution is -2.31. The predicted molar refractivity (Wildman–Crippen MR) is 155 cm³/mol. The van der Waals surface area contributed by atoms with Gasteiger partial charge in [0.15, 0.2) is 5.78 Å². The van der Waals surface area contributed by atoms with Gasteiger partial charge in [0.25, 0.3) is 0 Å². The second-order valence-electron chi connectivity index (χ2n) is 11.2. The highest BCUT2D eigenvalue weighted by molar-refractivity contribution is 6.01. The molecule has 4 aromatic rings. The lowest BCUT2D eigenvalue weighted by atomic mass is 9.73. The number of phenolic OH excluding ortho intramolecular Hbond substituents is 1. The molecule has 0 aromatic heterocycles. The minimum atomic E-state index is -0.734. The maximum atomic E-state index is 16.0. The molecule has 0 spiro atoms. The van der Waals surface area contributed by atoms with E-state index in [0.717, 1.165) is 11.1 Å². The number of benzene rings is 4. The van der Waals surface area contributed by atoms with Crippen LogP contribution in [0, 0.1) is 11.2 Å². The Balaban J connectivity index is 1.39. The van der Waals surface area contributed by atoms with Crippen molar-refractivity contribution in [2.75, 3.05) is 10.6 Å². The van der Waals surface area contributed by atoms with Crippen LogP contribution in [0.5, 0.6) is 11.5 Å². The van der Waals surface area contributed by atoms with Crippen molar-refractivity contribution in [3.05, 3.63) is 131 Å². The molecule has 1 aliphatic carbocycles. The van der Waals surface area contributed by atoms with Crippen LogP contribution in [0.25, 0.3) is 0 Å². The maximum absolute atomic E-state index is 16.0. The largest absolute Gasteiger partial charge is 0.506 e. The predicted octanol–water partition coefficient (Wildman–Crippen LogP) is 7.92. The number of halogens is 1. The van der Waals surface area contributed by atoms with E-state index in [-0.39, 0.29) is 16.9 Å². The van der Waals surface area contributed by atoms with Gasteiger partial charge in [0.1, 0.15) is 29.1 Å². The molecular weight excluding hydrogens is 503 g/mol. The zero-order valence-electron chi connectivity index (χ0n) is 22.4. The van der Waals surface area contributed by atoms with Gasteiger partial charge in [0.2, 0.25) is 0 Å². The summed E-state index contributed by atoms with van der Waals surface area (Å²) in [5.41, 5.74) is 4.26. The van der Waals surface area contributed by atoms with Crippen LogP contribution in [-0.2, 0) is 4.79 Å². The first kappa shape index (κ1) is 25.7. The molecule has 6 rings (SSSR count). The topological polar surface area (TPSA) is 70.6 Å². The number of carbonyl (C=O) groups is 1. The van der Waals surface area contributed by atoms with E-state index in [1.54, 1.807) is 24.3 Å². The second kappa shape index (κ2) is 10.2. The van der Waals surface area contributed by atoms with Crippen LogP contribution in [0.15, 0.2) is 108 Å². The monoisotopic (exact) mass is 534 g/mol. The molecule has 0 amide bonds. The van der Waals surface area contributed by atoms with E-state index in [4.69, 9.17) is 4.74 Å². The molecule has 0 bridgehead atoms. The number of carbonyl (C=O) groups excluding carboxylic acids is 1. The average molecular weight is 535 g/mol. The number of aromatic hydroxyl groups is 1. The summed E-state index contributed by atoms with van der Waals surface area (Å²) in [6.07, 6.45) is 0.532. The summed E-state index contributed by atoms with van der Waals surface area (Å²) >= 11 is 0. The van der Waals surface area contributed by atoms with Gasteiger partial charge in [-0.25, -0.2) is 4.39 Å². The van der Waals surface area contributed by atoms with Gasteiger partial charge < -0.3 is 20.5 Å². The summed E-state index contributed by atoms with van der Waals surface area (Å²) < 4.78 is 22.4. The second-order valence-corrected chi connectivity index (χ2v) is 11.2. The first-order valence-electron chi connectivity index (χ1n) is 13.5. The number of para-hydroxylation sites is 1. The fourth-order valence-corrected chi connectivity index (χ4v) is 5.72. The van der Waals surface area contributed by atoms with Crippen LogP contribution in [0.4, 0.5) is 15.8 Å². The molecule has 6 heteroatoms. The molecule has 0 saturated heterocycles. The van der Waals surface area contributed by atoms with E-state index in [1.165, 1.54) is 6.07 Å². The molecule has 4 aromatic carbocycles. The number of hydrogen-bond acceptors (Lipinski definition) is 5. The zero-order chi connectivity index (χ0) is 27.9. The average Bonchev–Trinajstić information content (AvgIpc) is 3.10. The van der Waals surface area contributed by atoms with Crippen LogP contribution in [0.2, 0.25) is 0 Å². The van der Waals surface area contributed by atoms with Crippen molar-refractivity contribution in [1.82, 2.24) is 0 Å². The van der Waals surface area contributed by atoms with E-state index < -0.39 is 18.0 Å². The number of ketones is 1. The Labute approximate surface area is 233 Å². The first-order chi connectivity index (χ1) is 19.3. The third-order valence-corrected chi connectivity index (χ3v) is 7.57. The number of phenols is 1. The third-order valence-electron chi connectivity index (χ3n) is 7.57. The van der Waals surface area contributed by atoms with Crippen molar-refractivity contribution >= 4 is 17.2 Å². The Hall–Kier alpha value is -4.58. The molecule has 0 radical (unpaired) electrons. The van der Waals surface area contributed by atoms with Crippen molar-refractivity contribution in [3.8, 4) is 11.5 Å². The molecule has 3 N–H and O–H groups in total. The van der Waals surface area contributed by atoms with Gasteiger partial charge in [-0.2, -0.15) is 0 Å². The van der Waals surface area contributed by atoms with Crippen LogP contribution in [0.3, 0.4) is 0 Å². The molecule has 202 valence electrons. The van der Waals surface area contributed by atoms with Crippen molar-refractivity contribution in [2.24, 2.45) is 5.41 Å². The van der Waals surface area contributed by atoms with E-state index in [9.17, 15) is 9.90 Å². The summed E-state index contributed by atoms with van der Waals surface area (Å²) in [5.74, 6) is -0.0843. The normalized spacial score (nSPS) is 17.8.